The fraction of sp³-hybridized carbons (Fsp3) is 0.696. The summed E-state index contributed by atoms with van der Waals surface area (Å²) in [5.41, 5.74) is -6.67. The molecule has 1 spiro atoms. The van der Waals surface area contributed by atoms with E-state index < -0.39 is 44.8 Å². The van der Waals surface area contributed by atoms with Crippen LogP contribution in [0.5, 0.6) is 11.5 Å². The van der Waals surface area contributed by atoms with Gasteiger partial charge in [-0.1, -0.05) is 6.07 Å². The second-order valence-electron chi connectivity index (χ2n) is 10.4. The van der Waals surface area contributed by atoms with Crippen molar-refractivity contribution in [2.75, 3.05) is 13.1 Å². The van der Waals surface area contributed by atoms with E-state index in [4.69, 9.17) is 13.7 Å². The summed E-state index contributed by atoms with van der Waals surface area (Å²) in [7, 11) is -5.89. The first kappa shape index (κ1) is 23.5. The topological polar surface area (TPSA) is 102 Å². The van der Waals surface area contributed by atoms with Crippen molar-refractivity contribution in [3.05, 3.63) is 23.3 Å². The van der Waals surface area contributed by atoms with Crippen LogP contribution < -0.4 is 9.47 Å². The van der Waals surface area contributed by atoms with Gasteiger partial charge in [-0.15, -0.1) is 0 Å². The van der Waals surface area contributed by atoms with Gasteiger partial charge in [0.05, 0.1) is 11.0 Å². The fourth-order valence-corrected chi connectivity index (χ4v) is 7.61. The first-order valence-corrected chi connectivity index (χ1v) is 13.3. The van der Waals surface area contributed by atoms with Gasteiger partial charge in [0.25, 0.3) is 0 Å². The molecule has 0 aromatic heterocycles. The van der Waals surface area contributed by atoms with Crippen LogP contribution in [-0.2, 0) is 30.9 Å². The lowest BCUT2D eigenvalue weighted by molar-refractivity contribution is -0.205. The molecule has 1 saturated heterocycles. The van der Waals surface area contributed by atoms with E-state index in [1.54, 1.807) is 12.1 Å². The third-order valence-electron chi connectivity index (χ3n) is 8.48. The number of nitrogens with zero attached hydrogens (tertiary/aromatic N) is 1. The fourth-order valence-electron chi connectivity index (χ4n) is 6.98. The van der Waals surface area contributed by atoms with Gasteiger partial charge in [0, 0.05) is 25.1 Å². The Bertz CT molecular complexity index is 1200. The molecule has 192 valence electrons. The average molecular weight is 518 g/mol. The minimum absolute atomic E-state index is 0.0629. The Kier molecular flexibility index (Phi) is 4.92. The maximum absolute atomic E-state index is 13.2. The van der Waals surface area contributed by atoms with Crippen LogP contribution in [0.15, 0.2) is 12.1 Å². The van der Waals surface area contributed by atoms with Crippen molar-refractivity contribution in [3.63, 3.8) is 0 Å². The highest BCUT2D eigenvalue weighted by Gasteiger charge is 2.74. The van der Waals surface area contributed by atoms with Gasteiger partial charge in [0.2, 0.25) is 0 Å². The molecule has 1 unspecified atom stereocenters. The number of piperidine rings is 1. The van der Waals surface area contributed by atoms with Gasteiger partial charge in [0.1, 0.15) is 12.2 Å². The molecule has 1 aromatic carbocycles. The lowest BCUT2D eigenvalue weighted by Gasteiger charge is -2.64. The van der Waals surface area contributed by atoms with Crippen LogP contribution in [0.3, 0.4) is 0 Å². The maximum Gasteiger partial charge on any atom is 0.523 e. The minimum Gasteiger partial charge on any atom is -0.482 e. The van der Waals surface area contributed by atoms with Gasteiger partial charge in [-0.25, -0.2) is 0 Å². The standard InChI is InChI=1S/C23H26F3NO7S/c1-12(28)32-15-5-4-14-10-17-22(29)7-6-16(34-35(30,31)23(24,25)26)20-21(22,18(14)19(15)33-20)8-9-27(17)11-13-2-3-13/h4-5,13,16-17,20,29H,2-3,6-11H2,1H3/t16-,17-,20+,21+,22?/m1/s1. The molecule has 5 aliphatic rings. The van der Waals surface area contributed by atoms with Crippen LogP contribution in [0.2, 0.25) is 0 Å². The van der Waals surface area contributed by atoms with Crippen molar-refractivity contribution < 1.29 is 45.1 Å². The number of hydrogen-bond donors (Lipinski definition) is 1. The molecule has 3 aliphatic carbocycles. The van der Waals surface area contributed by atoms with E-state index in [-0.39, 0.29) is 30.4 Å². The first-order chi connectivity index (χ1) is 16.4. The van der Waals surface area contributed by atoms with Crippen molar-refractivity contribution >= 4 is 16.1 Å². The molecular formula is C23H26F3NO7S. The number of alkyl halides is 3. The molecule has 12 heteroatoms. The van der Waals surface area contributed by atoms with Crippen LogP contribution in [-0.4, -0.2) is 66.8 Å². The Morgan fingerprint density at radius 1 is 1.26 bits per heavy atom. The summed E-state index contributed by atoms with van der Waals surface area (Å²) in [6, 6.07) is 3.09. The molecule has 2 bridgehead atoms. The van der Waals surface area contributed by atoms with E-state index in [0.717, 1.165) is 24.9 Å². The van der Waals surface area contributed by atoms with Crippen molar-refractivity contribution in [3.8, 4) is 11.5 Å². The molecule has 35 heavy (non-hydrogen) atoms. The number of likely N-dealkylation sites (tertiary alicyclic amines) is 1. The quantitative estimate of drug-likeness (QED) is 0.275. The number of carbonyl (C=O) groups excluding carboxylic acids is 1. The zero-order chi connectivity index (χ0) is 25.0. The lowest BCUT2D eigenvalue weighted by atomic mass is 9.48. The van der Waals surface area contributed by atoms with Crippen molar-refractivity contribution in [2.24, 2.45) is 5.92 Å². The molecule has 6 rings (SSSR count). The second-order valence-corrected chi connectivity index (χ2v) is 12.0. The summed E-state index contributed by atoms with van der Waals surface area (Å²) in [4.78, 5) is 14.0. The van der Waals surface area contributed by atoms with Gasteiger partial charge < -0.3 is 14.6 Å². The van der Waals surface area contributed by atoms with Gasteiger partial charge in [0.15, 0.2) is 11.5 Å². The van der Waals surface area contributed by atoms with Crippen LogP contribution >= 0.6 is 0 Å². The van der Waals surface area contributed by atoms with Crippen molar-refractivity contribution in [1.82, 2.24) is 4.90 Å². The Balaban J connectivity index is 1.48. The van der Waals surface area contributed by atoms with Crippen LogP contribution in [0.25, 0.3) is 0 Å². The van der Waals surface area contributed by atoms with E-state index >= 15 is 0 Å². The second kappa shape index (κ2) is 7.33. The summed E-state index contributed by atoms with van der Waals surface area (Å²) < 4.78 is 79.7. The monoisotopic (exact) mass is 517 g/mol. The van der Waals surface area contributed by atoms with Gasteiger partial charge in [-0.05, 0) is 62.6 Å². The van der Waals surface area contributed by atoms with Crippen molar-refractivity contribution in [2.45, 2.75) is 80.2 Å². The predicted octanol–water partition coefficient (Wildman–Crippen LogP) is 2.41. The van der Waals surface area contributed by atoms with E-state index in [9.17, 15) is 31.5 Å². The third kappa shape index (κ3) is 3.22. The molecule has 5 atom stereocenters. The molecule has 2 heterocycles. The summed E-state index contributed by atoms with van der Waals surface area (Å²) in [5.74, 6) is 0.241. The highest BCUT2D eigenvalue weighted by atomic mass is 32.2. The Morgan fingerprint density at radius 2 is 2.00 bits per heavy atom. The Hall–Kier alpha value is -1.89. The van der Waals surface area contributed by atoms with Gasteiger partial charge in [-0.3, -0.25) is 13.9 Å². The summed E-state index contributed by atoms with van der Waals surface area (Å²) in [6.45, 7) is 2.64. The van der Waals surface area contributed by atoms with Crippen LogP contribution in [0.1, 0.15) is 50.2 Å². The molecule has 1 N–H and O–H groups in total. The Labute approximate surface area is 200 Å². The molecule has 2 aliphatic heterocycles. The van der Waals surface area contributed by atoms with Crippen molar-refractivity contribution in [1.29, 1.82) is 0 Å². The summed E-state index contributed by atoms with van der Waals surface area (Å²) >= 11 is 0. The maximum atomic E-state index is 13.2. The van der Waals surface area contributed by atoms with E-state index in [0.29, 0.717) is 30.9 Å². The average Bonchev–Trinajstić information content (AvgIpc) is 3.49. The number of aliphatic hydroxyl groups is 1. The third-order valence-corrected chi connectivity index (χ3v) is 9.55. The highest BCUT2D eigenvalue weighted by Crippen LogP contribution is 2.66. The lowest BCUT2D eigenvalue weighted by Crippen LogP contribution is -2.77. The van der Waals surface area contributed by atoms with Gasteiger partial charge in [-0.2, -0.15) is 21.6 Å². The molecule has 2 saturated carbocycles. The van der Waals surface area contributed by atoms with E-state index in [2.05, 4.69) is 4.90 Å². The minimum atomic E-state index is -5.89. The number of benzene rings is 1. The molecule has 0 radical (unpaired) electrons. The van der Waals surface area contributed by atoms with Crippen LogP contribution in [0, 0.1) is 5.92 Å². The van der Waals surface area contributed by atoms with Crippen LogP contribution in [0.4, 0.5) is 13.2 Å². The molecule has 0 amide bonds. The molecular weight excluding hydrogens is 491 g/mol. The number of hydrogen-bond acceptors (Lipinski definition) is 8. The first-order valence-electron chi connectivity index (χ1n) is 11.8. The number of carbonyl (C=O) groups is 1. The highest BCUT2D eigenvalue weighted by molar-refractivity contribution is 7.87. The predicted molar refractivity (Wildman–Crippen MR) is 114 cm³/mol. The number of halogens is 3. The number of ether oxygens (including phenoxy) is 2. The number of esters is 1. The van der Waals surface area contributed by atoms with Gasteiger partial charge >= 0.3 is 21.6 Å². The SMILES string of the molecule is CC(=O)Oc1ccc2c3c1O[C@H]1[C@H](OS(=O)(=O)C(F)(F)F)CCC4(O)[C@@H](C2)N(CC2CC2)CC[C@]314. The zero-order valence-corrected chi connectivity index (χ0v) is 19.8. The normalized spacial score (nSPS) is 35.9. The Morgan fingerprint density at radius 3 is 2.66 bits per heavy atom. The number of rotatable bonds is 5. The van der Waals surface area contributed by atoms with E-state index in [1.165, 1.54) is 6.92 Å². The summed E-state index contributed by atoms with van der Waals surface area (Å²) in [5, 5.41) is 12.3. The smallest absolute Gasteiger partial charge is 0.482 e. The molecule has 8 nitrogen and oxygen atoms in total. The summed E-state index contributed by atoms with van der Waals surface area (Å²) in [6.07, 6.45) is 0.428. The van der Waals surface area contributed by atoms with E-state index in [1.807, 2.05) is 0 Å². The molecule has 1 aromatic rings. The largest absolute Gasteiger partial charge is 0.523 e. The molecule has 3 fully saturated rings. The zero-order valence-electron chi connectivity index (χ0n) is 19.0.